The summed E-state index contributed by atoms with van der Waals surface area (Å²) in [6.07, 6.45) is 3.98. The Morgan fingerprint density at radius 1 is 1.44 bits per heavy atom. The van der Waals surface area contributed by atoms with Gasteiger partial charge in [-0.3, -0.25) is 0 Å². The zero-order valence-corrected chi connectivity index (χ0v) is 10.9. The average Bonchev–Trinajstić information content (AvgIpc) is 2.27. The van der Waals surface area contributed by atoms with Gasteiger partial charge in [0, 0.05) is 24.1 Å². The molecule has 16 heavy (non-hydrogen) atoms. The van der Waals surface area contributed by atoms with E-state index in [4.69, 9.17) is 5.11 Å². The molecule has 1 aromatic rings. The largest absolute Gasteiger partial charge is 0.396 e. The number of benzene rings is 1. The van der Waals surface area contributed by atoms with Crippen molar-refractivity contribution in [2.45, 2.75) is 31.6 Å². The lowest BCUT2D eigenvalue weighted by molar-refractivity contribution is 0.282. The van der Waals surface area contributed by atoms with E-state index < -0.39 is 0 Å². The van der Waals surface area contributed by atoms with E-state index in [0.29, 0.717) is 6.04 Å². The molecule has 0 heterocycles. The number of aliphatic hydroxyl groups is 1. The van der Waals surface area contributed by atoms with Gasteiger partial charge in [0.05, 0.1) is 0 Å². The first-order chi connectivity index (χ1) is 7.76. The number of anilines is 1. The Labute approximate surface area is 102 Å². The molecular formula is C13H21NOS. The van der Waals surface area contributed by atoms with Gasteiger partial charge in [-0.1, -0.05) is 12.1 Å². The predicted octanol–water partition coefficient (Wildman–Crippen LogP) is 3.12. The molecule has 2 N–H and O–H groups in total. The third kappa shape index (κ3) is 4.90. The highest BCUT2D eigenvalue weighted by Crippen LogP contribution is 2.16. The van der Waals surface area contributed by atoms with Crippen LogP contribution in [0.2, 0.25) is 0 Å². The van der Waals surface area contributed by atoms with E-state index in [1.165, 1.54) is 11.3 Å². The molecule has 0 fully saturated rings. The SMILES string of the molecule is CSCc1cccc(NC(C)CCCO)c1. The highest BCUT2D eigenvalue weighted by Gasteiger charge is 2.02. The molecule has 0 spiro atoms. The molecule has 0 saturated carbocycles. The van der Waals surface area contributed by atoms with E-state index in [1.807, 2.05) is 11.8 Å². The molecule has 1 unspecified atom stereocenters. The molecule has 3 heteroatoms. The van der Waals surface area contributed by atoms with Gasteiger partial charge in [0.1, 0.15) is 0 Å². The van der Waals surface area contributed by atoms with Gasteiger partial charge in [-0.15, -0.1) is 0 Å². The summed E-state index contributed by atoms with van der Waals surface area (Å²) in [7, 11) is 0. The van der Waals surface area contributed by atoms with Crippen LogP contribution in [0, 0.1) is 0 Å². The highest BCUT2D eigenvalue weighted by molar-refractivity contribution is 7.97. The Hall–Kier alpha value is -0.670. The van der Waals surface area contributed by atoms with Gasteiger partial charge >= 0.3 is 0 Å². The molecular weight excluding hydrogens is 218 g/mol. The van der Waals surface area contributed by atoms with Gasteiger partial charge in [-0.2, -0.15) is 11.8 Å². The lowest BCUT2D eigenvalue weighted by Crippen LogP contribution is -2.15. The molecule has 0 radical (unpaired) electrons. The number of aliphatic hydroxyl groups excluding tert-OH is 1. The normalized spacial score (nSPS) is 12.4. The molecule has 90 valence electrons. The van der Waals surface area contributed by atoms with Crippen LogP contribution in [-0.4, -0.2) is 24.0 Å². The summed E-state index contributed by atoms with van der Waals surface area (Å²) in [5.41, 5.74) is 2.53. The van der Waals surface area contributed by atoms with E-state index in [-0.39, 0.29) is 6.61 Å². The molecule has 0 amide bonds. The van der Waals surface area contributed by atoms with E-state index in [2.05, 4.69) is 42.8 Å². The Morgan fingerprint density at radius 3 is 2.94 bits per heavy atom. The van der Waals surface area contributed by atoms with Gasteiger partial charge in [-0.05, 0) is 43.7 Å². The maximum atomic E-state index is 8.76. The van der Waals surface area contributed by atoms with Crippen molar-refractivity contribution in [1.82, 2.24) is 0 Å². The van der Waals surface area contributed by atoms with E-state index in [9.17, 15) is 0 Å². The molecule has 2 nitrogen and oxygen atoms in total. The van der Waals surface area contributed by atoms with E-state index >= 15 is 0 Å². The molecule has 0 aliphatic carbocycles. The minimum absolute atomic E-state index is 0.276. The lowest BCUT2D eigenvalue weighted by Gasteiger charge is -2.15. The average molecular weight is 239 g/mol. The van der Waals surface area contributed by atoms with Crippen LogP contribution in [0.3, 0.4) is 0 Å². The summed E-state index contributed by atoms with van der Waals surface area (Å²) >= 11 is 1.84. The molecule has 1 rings (SSSR count). The standard InChI is InChI=1S/C13H21NOS/c1-11(5-4-8-15)14-13-7-3-6-12(9-13)10-16-2/h3,6-7,9,11,14-15H,4-5,8,10H2,1-2H3. The zero-order chi connectivity index (χ0) is 11.8. The molecule has 1 atom stereocenters. The predicted molar refractivity (Wildman–Crippen MR) is 73.1 cm³/mol. The second kappa shape index (κ2) is 7.58. The Balaban J connectivity index is 2.49. The van der Waals surface area contributed by atoms with Crippen molar-refractivity contribution in [3.63, 3.8) is 0 Å². The first kappa shape index (κ1) is 13.4. The fourth-order valence-electron chi connectivity index (χ4n) is 1.67. The maximum Gasteiger partial charge on any atom is 0.0431 e. The number of nitrogens with one attached hydrogen (secondary N) is 1. The van der Waals surface area contributed by atoms with Crippen molar-refractivity contribution >= 4 is 17.4 Å². The number of rotatable bonds is 7. The third-order valence-corrected chi connectivity index (χ3v) is 3.07. The first-order valence-electron chi connectivity index (χ1n) is 5.71. The fourth-order valence-corrected chi connectivity index (χ4v) is 2.18. The van der Waals surface area contributed by atoms with E-state index in [1.54, 1.807) is 0 Å². The Bertz CT molecular complexity index is 304. The van der Waals surface area contributed by atoms with Crippen LogP contribution >= 0.6 is 11.8 Å². The zero-order valence-electron chi connectivity index (χ0n) is 10.1. The monoisotopic (exact) mass is 239 g/mol. The summed E-state index contributed by atoms with van der Waals surface area (Å²) in [4.78, 5) is 0. The van der Waals surface area contributed by atoms with Crippen LogP contribution in [-0.2, 0) is 5.75 Å². The number of thioether (sulfide) groups is 1. The second-order valence-electron chi connectivity index (χ2n) is 4.04. The van der Waals surface area contributed by atoms with Gasteiger partial charge < -0.3 is 10.4 Å². The van der Waals surface area contributed by atoms with Gasteiger partial charge in [0.15, 0.2) is 0 Å². The third-order valence-electron chi connectivity index (χ3n) is 2.45. The first-order valence-corrected chi connectivity index (χ1v) is 7.11. The quantitative estimate of drug-likeness (QED) is 0.767. The molecule has 0 aliphatic rings. The van der Waals surface area contributed by atoms with Crippen molar-refractivity contribution in [3.05, 3.63) is 29.8 Å². The maximum absolute atomic E-state index is 8.76. The Morgan fingerprint density at radius 2 is 2.25 bits per heavy atom. The van der Waals surface area contributed by atoms with Crippen LogP contribution < -0.4 is 5.32 Å². The summed E-state index contributed by atoms with van der Waals surface area (Å²) in [6, 6.07) is 8.95. The number of hydrogen-bond donors (Lipinski definition) is 2. The highest BCUT2D eigenvalue weighted by atomic mass is 32.2. The molecule has 0 saturated heterocycles. The minimum atomic E-state index is 0.276. The van der Waals surface area contributed by atoms with Gasteiger partial charge in [0.25, 0.3) is 0 Å². The Kier molecular flexibility index (Phi) is 6.34. The summed E-state index contributed by atoms with van der Waals surface area (Å²) in [6.45, 7) is 2.43. The second-order valence-corrected chi connectivity index (χ2v) is 4.91. The number of hydrogen-bond acceptors (Lipinski definition) is 3. The van der Waals surface area contributed by atoms with Gasteiger partial charge in [-0.25, -0.2) is 0 Å². The van der Waals surface area contributed by atoms with Crippen molar-refractivity contribution in [2.75, 3.05) is 18.2 Å². The van der Waals surface area contributed by atoms with Crippen LogP contribution in [0.5, 0.6) is 0 Å². The van der Waals surface area contributed by atoms with Crippen molar-refractivity contribution in [1.29, 1.82) is 0 Å². The molecule has 0 aliphatic heterocycles. The summed E-state index contributed by atoms with van der Waals surface area (Å²) < 4.78 is 0. The van der Waals surface area contributed by atoms with Crippen LogP contribution in [0.1, 0.15) is 25.3 Å². The smallest absolute Gasteiger partial charge is 0.0431 e. The van der Waals surface area contributed by atoms with Crippen molar-refractivity contribution in [2.24, 2.45) is 0 Å². The van der Waals surface area contributed by atoms with Crippen LogP contribution in [0.15, 0.2) is 24.3 Å². The minimum Gasteiger partial charge on any atom is -0.396 e. The van der Waals surface area contributed by atoms with Gasteiger partial charge in [0.2, 0.25) is 0 Å². The fraction of sp³-hybridized carbons (Fsp3) is 0.538. The van der Waals surface area contributed by atoms with Crippen LogP contribution in [0.4, 0.5) is 5.69 Å². The molecule has 0 aromatic heterocycles. The topological polar surface area (TPSA) is 32.3 Å². The summed E-state index contributed by atoms with van der Waals surface area (Å²) in [5, 5.41) is 12.2. The lowest BCUT2D eigenvalue weighted by atomic mass is 10.1. The van der Waals surface area contributed by atoms with Crippen molar-refractivity contribution in [3.8, 4) is 0 Å². The van der Waals surface area contributed by atoms with Crippen molar-refractivity contribution < 1.29 is 5.11 Å². The van der Waals surface area contributed by atoms with E-state index in [0.717, 1.165) is 18.6 Å². The summed E-state index contributed by atoms with van der Waals surface area (Å²) in [5.74, 6) is 1.06. The molecule has 0 bridgehead atoms. The molecule has 1 aromatic carbocycles. The van der Waals surface area contributed by atoms with Crippen LogP contribution in [0.25, 0.3) is 0 Å².